The highest BCUT2D eigenvalue weighted by Gasteiger charge is 2.24. The van der Waals surface area contributed by atoms with E-state index in [1.807, 2.05) is 43.1 Å². The monoisotopic (exact) mass is 533 g/mol. The zero-order valence-corrected chi connectivity index (χ0v) is 23.5. The third-order valence-corrected chi connectivity index (χ3v) is 7.69. The predicted octanol–water partition coefficient (Wildman–Crippen LogP) is 5.84. The van der Waals surface area contributed by atoms with Gasteiger partial charge in [-0.3, -0.25) is 14.7 Å². The van der Waals surface area contributed by atoms with Crippen molar-refractivity contribution in [2.45, 2.75) is 26.4 Å². The van der Waals surface area contributed by atoms with E-state index in [0.717, 1.165) is 62.6 Å². The lowest BCUT2D eigenvalue weighted by atomic mass is 9.95. The van der Waals surface area contributed by atoms with Gasteiger partial charge < -0.3 is 15.5 Å². The van der Waals surface area contributed by atoms with Crippen LogP contribution in [0.3, 0.4) is 0 Å². The minimum Gasteiger partial charge on any atom is -0.381 e. The average Bonchev–Trinajstić information content (AvgIpc) is 3.02. The maximum Gasteiger partial charge on any atom is 0.253 e. The van der Waals surface area contributed by atoms with Gasteiger partial charge in [0, 0.05) is 69.5 Å². The number of hydrogen-bond acceptors (Lipinski definition) is 5. The SMILES string of the molecule is CCN(CC)C(=O)c1ccc(C(c2cccc(NCc3ccc(-c4cccnc4)cc3)c2)N2CCNCC2)cc1. The van der Waals surface area contributed by atoms with Crippen LogP contribution >= 0.6 is 0 Å². The van der Waals surface area contributed by atoms with Crippen LogP contribution in [0.15, 0.2) is 97.3 Å². The van der Waals surface area contributed by atoms with Gasteiger partial charge in [-0.05, 0) is 72.0 Å². The largest absolute Gasteiger partial charge is 0.381 e. The van der Waals surface area contributed by atoms with Gasteiger partial charge in [-0.2, -0.15) is 0 Å². The molecule has 2 N–H and O–H groups in total. The lowest BCUT2D eigenvalue weighted by Crippen LogP contribution is -2.45. The normalized spacial score (nSPS) is 14.4. The molecule has 0 saturated carbocycles. The van der Waals surface area contributed by atoms with Gasteiger partial charge in [-0.15, -0.1) is 0 Å². The first-order valence-electron chi connectivity index (χ1n) is 14.3. The molecule has 1 amide bonds. The Morgan fingerprint density at radius 1 is 0.900 bits per heavy atom. The molecule has 0 bridgehead atoms. The summed E-state index contributed by atoms with van der Waals surface area (Å²) in [7, 11) is 0. The van der Waals surface area contributed by atoms with E-state index >= 15 is 0 Å². The lowest BCUT2D eigenvalue weighted by molar-refractivity contribution is 0.0773. The van der Waals surface area contributed by atoms with Gasteiger partial charge in [0.25, 0.3) is 5.91 Å². The Balaban J connectivity index is 1.33. The van der Waals surface area contributed by atoms with Crippen LogP contribution < -0.4 is 10.6 Å². The van der Waals surface area contributed by atoms with Gasteiger partial charge in [-0.25, -0.2) is 0 Å². The fourth-order valence-corrected chi connectivity index (χ4v) is 5.43. The second-order valence-corrected chi connectivity index (χ2v) is 10.2. The maximum absolute atomic E-state index is 12.9. The molecule has 1 saturated heterocycles. The van der Waals surface area contributed by atoms with E-state index in [4.69, 9.17) is 0 Å². The Bertz CT molecular complexity index is 1360. The molecule has 0 radical (unpaired) electrons. The van der Waals surface area contributed by atoms with Crippen LogP contribution in [0, 0.1) is 0 Å². The first-order valence-corrected chi connectivity index (χ1v) is 14.3. The van der Waals surface area contributed by atoms with E-state index < -0.39 is 0 Å². The summed E-state index contributed by atoms with van der Waals surface area (Å²) < 4.78 is 0. The molecule has 1 fully saturated rings. The number of hydrogen-bond donors (Lipinski definition) is 2. The molecule has 1 aliphatic heterocycles. The molecule has 1 aromatic heterocycles. The van der Waals surface area contributed by atoms with Crippen molar-refractivity contribution in [3.8, 4) is 11.1 Å². The van der Waals surface area contributed by atoms with Crippen LogP contribution in [0.4, 0.5) is 5.69 Å². The molecule has 0 aliphatic carbocycles. The molecule has 1 unspecified atom stereocenters. The third kappa shape index (κ3) is 6.58. The van der Waals surface area contributed by atoms with Crippen LogP contribution in [-0.4, -0.2) is 60.0 Å². The molecule has 2 heterocycles. The van der Waals surface area contributed by atoms with Crippen molar-refractivity contribution in [3.63, 3.8) is 0 Å². The zero-order valence-electron chi connectivity index (χ0n) is 23.5. The molecule has 0 spiro atoms. The molecule has 6 heteroatoms. The number of piperazine rings is 1. The Morgan fingerprint density at radius 3 is 2.33 bits per heavy atom. The van der Waals surface area contributed by atoms with Crippen LogP contribution in [0.5, 0.6) is 0 Å². The highest BCUT2D eigenvalue weighted by Crippen LogP contribution is 2.31. The fraction of sp³-hybridized carbons (Fsp3) is 0.294. The minimum absolute atomic E-state index is 0.0925. The molecule has 3 aromatic carbocycles. The second kappa shape index (κ2) is 13.4. The van der Waals surface area contributed by atoms with E-state index in [-0.39, 0.29) is 11.9 Å². The summed E-state index contributed by atoms with van der Waals surface area (Å²) in [6.07, 6.45) is 3.69. The smallest absolute Gasteiger partial charge is 0.253 e. The number of carbonyl (C=O) groups excluding carboxylic acids is 1. The molecular weight excluding hydrogens is 494 g/mol. The maximum atomic E-state index is 12.9. The van der Waals surface area contributed by atoms with Crippen molar-refractivity contribution in [3.05, 3.63) is 120 Å². The van der Waals surface area contributed by atoms with Crippen molar-refractivity contribution >= 4 is 11.6 Å². The number of amides is 1. The van der Waals surface area contributed by atoms with Crippen molar-refractivity contribution in [1.82, 2.24) is 20.1 Å². The molecule has 5 rings (SSSR count). The molecule has 1 atom stereocenters. The summed E-state index contributed by atoms with van der Waals surface area (Å²) in [6.45, 7) is 10.1. The zero-order chi connectivity index (χ0) is 27.7. The van der Waals surface area contributed by atoms with Gasteiger partial charge in [0.15, 0.2) is 0 Å². The number of nitrogens with one attached hydrogen (secondary N) is 2. The van der Waals surface area contributed by atoms with Gasteiger partial charge in [0.05, 0.1) is 6.04 Å². The number of aromatic nitrogens is 1. The number of carbonyl (C=O) groups is 1. The molecule has 206 valence electrons. The quantitative estimate of drug-likeness (QED) is 0.268. The standard InChI is InChI=1S/C34H39N5O/c1-3-38(4-2)34(40)29-16-14-28(15-17-29)33(39-21-19-35-20-22-39)30-7-5-9-32(23-30)37-24-26-10-12-27(13-11-26)31-8-6-18-36-25-31/h5-18,23,25,33,35,37H,3-4,19-22,24H2,1-2H3. The second-order valence-electron chi connectivity index (χ2n) is 10.2. The summed E-state index contributed by atoms with van der Waals surface area (Å²) in [4.78, 5) is 21.5. The molecule has 1 aliphatic rings. The fourth-order valence-electron chi connectivity index (χ4n) is 5.43. The first-order chi connectivity index (χ1) is 19.7. The first kappa shape index (κ1) is 27.6. The summed E-state index contributed by atoms with van der Waals surface area (Å²) in [5.74, 6) is 0.0925. The van der Waals surface area contributed by atoms with Gasteiger partial charge in [-0.1, -0.05) is 54.6 Å². The summed E-state index contributed by atoms with van der Waals surface area (Å²) in [6, 6.07) is 29.8. The molecule has 4 aromatic rings. The number of anilines is 1. The van der Waals surface area contributed by atoms with Crippen LogP contribution in [0.1, 0.15) is 46.9 Å². The predicted molar refractivity (Wildman–Crippen MR) is 163 cm³/mol. The van der Waals surface area contributed by atoms with Crippen molar-refractivity contribution in [2.24, 2.45) is 0 Å². The molecule has 6 nitrogen and oxygen atoms in total. The van der Waals surface area contributed by atoms with Gasteiger partial charge in [0.1, 0.15) is 0 Å². The summed E-state index contributed by atoms with van der Waals surface area (Å²) >= 11 is 0. The average molecular weight is 534 g/mol. The van der Waals surface area contributed by atoms with E-state index in [2.05, 4.69) is 87.2 Å². The summed E-state index contributed by atoms with van der Waals surface area (Å²) in [5, 5.41) is 7.10. The topological polar surface area (TPSA) is 60.5 Å². The lowest BCUT2D eigenvalue weighted by Gasteiger charge is -2.36. The Kier molecular flexibility index (Phi) is 9.22. The van der Waals surface area contributed by atoms with E-state index in [0.29, 0.717) is 0 Å². The number of pyridine rings is 1. The highest BCUT2D eigenvalue weighted by atomic mass is 16.2. The van der Waals surface area contributed by atoms with Gasteiger partial charge >= 0.3 is 0 Å². The number of rotatable bonds is 10. The van der Waals surface area contributed by atoms with Crippen LogP contribution in [-0.2, 0) is 6.54 Å². The highest BCUT2D eigenvalue weighted by molar-refractivity contribution is 5.94. The van der Waals surface area contributed by atoms with Crippen molar-refractivity contribution in [1.29, 1.82) is 0 Å². The van der Waals surface area contributed by atoms with Crippen molar-refractivity contribution < 1.29 is 4.79 Å². The Hall–Kier alpha value is -4.00. The minimum atomic E-state index is 0.0925. The third-order valence-electron chi connectivity index (χ3n) is 7.69. The van der Waals surface area contributed by atoms with E-state index in [1.165, 1.54) is 22.3 Å². The van der Waals surface area contributed by atoms with Crippen LogP contribution in [0.2, 0.25) is 0 Å². The number of benzene rings is 3. The Labute approximate surface area is 238 Å². The van der Waals surface area contributed by atoms with Gasteiger partial charge in [0.2, 0.25) is 0 Å². The van der Waals surface area contributed by atoms with E-state index in [9.17, 15) is 4.79 Å². The molecule has 40 heavy (non-hydrogen) atoms. The molecular formula is C34H39N5O. The summed E-state index contributed by atoms with van der Waals surface area (Å²) in [5.41, 5.74) is 7.83. The van der Waals surface area contributed by atoms with Crippen LogP contribution in [0.25, 0.3) is 11.1 Å². The van der Waals surface area contributed by atoms with E-state index in [1.54, 1.807) is 6.20 Å². The number of nitrogens with zero attached hydrogens (tertiary/aromatic N) is 3. The Morgan fingerprint density at radius 2 is 1.65 bits per heavy atom. The van der Waals surface area contributed by atoms with Crippen molar-refractivity contribution in [2.75, 3.05) is 44.6 Å².